The van der Waals surface area contributed by atoms with E-state index in [1.807, 2.05) is 0 Å². The molecular weight excluding hydrogens is 299 g/mol. The molecule has 1 aliphatic rings. The third kappa shape index (κ3) is 4.37. The van der Waals surface area contributed by atoms with Crippen molar-refractivity contribution in [3.63, 3.8) is 0 Å². The first-order valence-corrected chi connectivity index (χ1v) is 8.26. The molecule has 0 aliphatic carbocycles. The van der Waals surface area contributed by atoms with Crippen molar-refractivity contribution in [2.75, 3.05) is 46.5 Å². The lowest BCUT2D eigenvalue weighted by molar-refractivity contribution is -0.906. The van der Waals surface area contributed by atoms with Crippen molar-refractivity contribution < 1.29 is 27.2 Å². The van der Waals surface area contributed by atoms with Gasteiger partial charge in [0.2, 0.25) is 10.0 Å². The molecular formula is C13H20FN2O4S+. The zero-order chi connectivity index (χ0) is 15.3. The van der Waals surface area contributed by atoms with Gasteiger partial charge in [-0.05, 0) is 18.2 Å². The van der Waals surface area contributed by atoms with Gasteiger partial charge in [-0.25, -0.2) is 17.5 Å². The van der Waals surface area contributed by atoms with Gasteiger partial charge in [0.25, 0.3) is 0 Å². The van der Waals surface area contributed by atoms with Crippen LogP contribution in [0.4, 0.5) is 4.39 Å². The molecule has 1 aromatic carbocycles. The van der Waals surface area contributed by atoms with Crippen molar-refractivity contribution in [1.29, 1.82) is 0 Å². The summed E-state index contributed by atoms with van der Waals surface area (Å²) in [7, 11) is -2.37. The normalized spacial score (nSPS) is 16.9. The van der Waals surface area contributed by atoms with Gasteiger partial charge in [-0.1, -0.05) is 0 Å². The van der Waals surface area contributed by atoms with Gasteiger partial charge in [-0.2, -0.15) is 0 Å². The number of hydrogen-bond acceptors (Lipinski definition) is 4. The van der Waals surface area contributed by atoms with E-state index < -0.39 is 15.8 Å². The van der Waals surface area contributed by atoms with Crippen molar-refractivity contribution in [1.82, 2.24) is 4.72 Å². The van der Waals surface area contributed by atoms with Crippen LogP contribution < -0.4 is 14.4 Å². The molecule has 21 heavy (non-hydrogen) atoms. The van der Waals surface area contributed by atoms with Crippen LogP contribution in [0.15, 0.2) is 23.1 Å². The average molecular weight is 319 g/mol. The molecule has 0 amide bonds. The van der Waals surface area contributed by atoms with E-state index in [1.165, 1.54) is 24.1 Å². The Hall–Kier alpha value is -1.22. The molecule has 1 heterocycles. The molecule has 0 bridgehead atoms. The zero-order valence-corrected chi connectivity index (χ0v) is 12.7. The maximum absolute atomic E-state index is 13.6. The van der Waals surface area contributed by atoms with Crippen molar-refractivity contribution in [3.05, 3.63) is 24.0 Å². The first kappa shape index (κ1) is 16.2. The molecule has 1 fully saturated rings. The number of nitrogens with one attached hydrogen (secondary N) is 2. The maximum atomic E-state index is 13.6. The van der Waals surface area contributed by atoms with Gasteiger partial charge in [0.1, 0.15) is 13.1 Å². The summed E-state index contributed by atoms with van der Waals surface area (Å²) in [5.41, 5.74) is 0. The lowest BCUT2D eigenvalue weighted by Crippen LogP contribution is -3.14. The third-order valence-electron chi connectivity index (χ3n) is 3.40. The topological polar surface area (TPSA) is 69.1 Å². The lowest BCUT2D eigenvalue weighted by Gasteiger charge is -2.23. The fourth-order valence-electron chi connectivity index (χ4n) is 2.17. The second kappa shape index (κ2) is 7.17. The minimum atomic E-state index is -3.70. The van der Waals surface area contributed by atoms with E-state index in [0.29, 0.717) is 26.3 Å². The Morgan fingerprint density at radius 1 is 1.38 bits per heavy atom. The van der Waals surface area contributed by atoms with Crippen LogP contribution in [0.3, 0.4) is 0 Å². The van der Waals surface area contributed by atoms with Crippen LogP contribution >= 0.6 is 0 Å². The Labute approximate surface area is 123 Å². The molecule has 2 N–H and O–H groups in total. The molecule has 1 saturated heterocycles. The van der Waals surface area contributed by atoms with Gasteiger partial charge >= 0.3 is 0 Å². The van der Waals surface area contributed by atoms with E-state index in [4.69, 9.17) is 9.47 Å². The van der Waals surface area contributed by atoms with Gasteiger partial charge < -0.3 is 14.4 Å². The summed E-state index contributed by atoms with van der Waals surface area (Å²) in [6.45, 7) is 4.14. The number of halogens is 1. The summed E-state index contributed by atoms with van der Waals surface area (Å²) < 4.78 is 50.2. The fourth-order valence-corrected chi connectivity index (χ4v) is 3.21. The van der Waals surface area contributed by atoms with Gasteiger partial charge in [0.15, 0.2) is 11.6 Å². The SMILES string of the molecule is COc1ccc(S(=O)(=O)NCC[NH+]2CCOCC2)cc1F. The molecule has 1 aliphatic heterocycles. The van der Waals surface area contributed by atoms with Crippen LogP contribution in [0.25, 0.3) is 0 Å². The van der Waals surface area contributed by atoms with E-state index in [0.717, 1.165) is 19.2 Å². The van der Waals surface area contributed by atoms with Crippen LogP contribution in [0.5, 0.6) is 5.75 Å². The summed E-state index contributed by atoms with van der Waals surface area (Å²) in [5, 5.41) is 0. The van der Waals surface area contributed by atoms with Gasteiger partial charge in [0, 0.05) is 0 Å². The molecule has 0 spiro atoms. The average Bonchev–Trinajstić information content (AvgIpc) is 2.48. The van der Waals surface area contributed by atoms with E-state index in [1.54, 1.807) is 0 Å². The molecule has 8 heteroatoms. The van der Waals surface area contributed by atoms with Crippen molar-refractivity contribution >= 4 is 10.0 Å². The van der Waals surface area contributed by atoms with Crippen molar-refractivity contribution in [2.24, 2.45) is 0 Å². The molecule has 1 aromatic rings. The van der Waals surface area contributed by atoms with E-state index >= 15 is 0 Å². The Balaban J connectivity index is 1.93. The third-order valence-corrected chi connectivity index (χ3v) is 4.86. The highest BCUT2D eigenvalue weighted by molar-refractivity contribution is 7.89. The van der Waals surface area contributed by atoms with E-state index in [9.17, 15) is 12.8 Å². The number of hydrogen-bond donors (Lipinski definition) is 2. The molecule has 0 unspecified atom stereocenters. The highest BCUT2D eigenvalue weighted by atomic mass is 32.2. The quantitative estimate of drug-likeness (QED) is 0.708. The summed E-state index contributed by atoms with van der Waals surface area (Å²) >= 11 is 0. The second-order valence-electron chi connectivity index (χ2n) is 4.81. The smallest absolute Gasteiger partial charge is 0.240 e. The van der Waals surface area contributed by atoms with Gasteiger partial charge in [0.05, 0.1) is 38.3 Å². The van der Waals surface area contributed by atoms with Gasteiger partial charge in [-0.15, -0.1) is 0 Å². The number of sulfonamides is 1. The number of methoxy groups -OCH3 is 1. The lowest BCUT2D eigenvalue weighted by atomic mass is 10.3. The standard InChI is InChI=1S/C13H19FN2O4S/c1-19-13-3-2-11(10-12(13)14)21(17,18)15-4-5-16-6-8-20-9-7-16/h2-3,10,15H,4-9H2,1H3/p+1. The number of ether oxygens (including phenoxy) is 2. The number of rotatable bonds is 6. The van der Waals surface area contributed by atoms with Crippen molar-refractivity contribution in [2.45, 2.75) is 4.90 Å². The predicted octanol–water partition coefficient (Wildman–Crippen LogP) is -0.972. The zero-order valence-electron chi connectivity index (χ0n) is 11.9. The molecule has 2 rings (SSSR count). The predicted molar refractivity (Wildman–Crippen MR) is 74.5 cm³/mol. The maximum Gasteiger partial charge on any atom is 0.240 e. The number of quaternary nitrogens is 1. The van der Waals surface area contributed by atoms with Crippen LogP contribution in [0, 0.1) is 5.82 Å². The van der Waals surface area contributed by atoms with Crippen molar-refractivity contribution in [3.8, 4) is 5.75 Å². The highest BCUT2D eigenvalue weighted by Gasteiger charge is 2.18. The van der Waals surface area contributed by atoms with Crippen LogP contribution in [-0.2, 0) is 14.8 Å². The molecule has 0 radical (unpaired) electrons. The molecule has 118 valence electrons. The molecule has 6 nitrogen and oxygen atoms in total. The summed E-state index contributed by atoms with van der Waals surface area (Å²) in [4.78, 5) is 1.20. The van der Waals surface area contributed by atoms with Crippen LogP contribution in [0.2, 0.25) is 0 Å². The largest absolute Gasteiger partial charge is 0.494 e. The Morgan fingerprint density at radius 3 is 2.71 bits per heavy atom. The number of benzene rings is 1. The first-order valence-electron chi connectivity index (χ1n) is 6.77. The fraction of sp³-hybridized carbons (Fsp3) is 0.538. The molecule has 0 aromatic heterocycles. The summed E-state index contributed by atoms with van der Waals surface area (Å²) in [6, 6.07) is 3.59. The number of morpholine rings is 1. The highest BCUT2D eigenvalue weighted by Crippen LogP contribution is 2.20. The summed E-state index contributed by atoms with van der Waals surface area (Å²) in [6.07, 6.45) is 0. The monoisotopic (exact) mass is 319 g/mol. The minimum absolute atomic E-state index is 0.0201. The van der Waals surface area contributed by atoms with E-state index in [2.05, 4.69) is 4.72 Å². The first-order chi connectivity index (χ1) is 10.0. The van der Waals surface area contributed by atoms with Crippen LogP contribution in [-0.4, -0.2) is 54.9 Å². The minimum Gasteiger partial charge on any atom is -0.494 e. The van der Waals surface area contributed by atoms with E-state index in [-0.39, 0.29) is 10.6 Å². The second-order valence-corrected chi connectivity index (χ2v) is 6.57. The molecule has 0 saturated carbocycles. The Bertz CT molecular complexity index is 574. The van der Waals surface area contributed by atoms with Gasteiger partial charge in [-0.3, -0.25) is 0 Å². The summed E-state index contributed by atoms with van der Waals surface area (Å²) in [5.74, 6) is -0.675. The molecule has 0 atom stereocenters. The Kier molecular flexibility index (Phi) is 5.51. The van der Waals surface area contributed by atoms with Crippen LogP contribution in [0.1, 0.15) is 0 Å². The Morgan fingerprint density at radius 2 is 2.10 bits per heavy atom.